The maximum atomic E-state index is 12.8. The third kappa shape index (κ3) is 3.57. The van der Waals surface area contributed by atoms with Crippen molar-refractivity contribution in [3.8, 4) is 0 Å². The molecule has 0 aliphatic carbocycles. The first-order valence-corrected chi connectivity index (χ1v) is 9.94. The molecule has 7 nitrogen and oxygen atoms in total. The number of carbonyl (C=O) groups is 2. The second-order valence-corrected chi connectivity index (χ2v) is 8.14. The van der Waals surface area contributed by atoms with E-state index >= 15 is 0 Å². The highest BCUT2D eigenvalue weighted by Crippen LogP contribution is 2.39. The second kappa shape index (κ2) is 7.29. The molecule has 0 saturated carbocycles. The van der Waals surface area contributed by atoms with Gasteiger partial charge in [0.1, 0.15) is 0 Å². The maximum absolute atomic E-state index is 12.8. The lowest BCUT2D eigenvalue weighted by molar-refractivity contribution is -0.138. The van der Waals surface area contributed by atoms with Crippen LogP contribution in [0.4, 0.5) is 4.79 Å². The van der Waals surface area contributed by atoms with Crippen LogP contribution in [0.15, 0.2) is 12.5 Å². The van der Waals surface area contributed by atoms with Crippen LogP contribution in [0.2, 0.25) is 0 Å². The number of aromatic nitrogens is 2. The SMILES string of the molecule is O=C1CCC2(CCCN(C(=O)N3CCCC3)C2)CN1CCc1cnc[nH]1. The Bertz CT molecular complexity index is 640. The number of nitrogens with one attached hydrogen (secondary N) is 1. The molecule has 3 aliphatic heterocycles. The molecule has 0 radical (unpaired) electrons. The summed E-state index contributed by atoms with van der Waals surface area (Å²) in [7, 11) is 0. The number of carbonyl (C=O) groups excluding carboxylic acids is 2. The number of aromatic amines is 1. The van der Waals surface area contributed by atoms with Gasteiger partial charge in [-0.05, 0) is 32.1 Å². The number of urea groups is 1. The van der Waals surface area contributed by atoms with Crippen LogP contribution in [0.25, 0.3) is 0 Å². The van der Waals surface area contributed by atoms with Crippen LogP contribution >= 0.6 is 0 Å². The van der Waals surface area contributed by atoms with E-state index in [1.807, 2.05) is 16.0 Å². The highest BCUT2D eigenvalue weighted by Gasteiger charge is 2.43. The van der Waals surface area contributed by atoms with Gasteiger partial charge in [0.25, 0.3) is 0 Å². The molecule has 1 atom stereocenters. The van der Waals surface area contributed by atoms with Gasteiger partial charge in [-0.2, -0.15) is 0 Å². The van der Waals surface area contributed by atoms with Crippen molar-refractivity contribution in [3.05, 3.63) is 18.2 Å². The topological polar surface area (TPSA) is 72.5 Å². The minimum Gasteiger partial charge on any atom is -0.348 e. The van der Waals surface area contributed by atoms with Gasteiger partial charge in [0, 0.05) is 69.4 Å². The van der Waals surface area contributed by atoms with E-state index < -0.39 is 0 Å². The van der Waals surface area contributed by atoms with Crippen molar-refractivity contribution in [1.29, 1.82) is 0 Å². The number of nitrogens with zero attached hydrogens (tertiary/aromatic N) is 4. The van der Waals surface area contributed by atoms with Crippen molar-refractivity contribution in [2.24, 2.45) is 5.41 Å². The fourth-order valence-electron chi connectivity index (χ4n) is 4.80. The number of piperidine rings is 2. The summed E-state index contributed by atoms with van der Waals surface area (Å²) in [6.45, 7) is 4.97. The van der Waals surface area contributed by atoms with E-state index in [0.29, 0.717) is 6.42 Å². The van der Waals surface area contributed by atoms with E-state index in [9.17, 15) is 9.59 Å². The predicted octanol–water partition coefficient (Wildman–Crippen LogP) is 1.87. The molecule has 3 aliphatic rings. The molecule has 7 heteroatoms. The first kappa shape index (κ1) is 17.4. The van der Waals surface area contributed by atoms with Gasteiger partial charge in [-0.1, -0.05) is 0 Å². The summed E-state index contributed by atoms with van der Waals surface area (Å²) in [4.78, 5) is 38.4. The summed E-state index contributed by atoms with van der Waals surface area (Å²) < 4.78 is 0. The Morgan fingerprint density at radius 2 is 1.92 bits per heavy atom. The number of hydrogen-bond donors (Lipinski definition) is 1. The molecule has 1 spiro atoms. The highest BCUT2D eigenvalue weighted by molar-refractivity contribution is 5.77. The molecule has 3 saturated heterocycles. The second-order valence-electron chi connectivity index (χ2n) is 8.14. The van der Waals surface area contributed by atoms with E-state index in [-0.39, 0.29) is 17.4 Å². The lowest BCUT2D eigenvalue weighted by Crippen LogP contribution is -2.57. The van der Waals surface area contributed by atoms with Crippen molar-refractivity contribution < 1.29 is 9.59 Å². The smallest absolute Gasteiger partial charge is 0.320 e. The largest absolute Gasteiger partial charge is 0.348 e. The quantitative estimate of drug-likeness (QED) is 0.895. The maximum Gasteiger partial charge on any atom is 0.320 e. The molecule has 1 aromatic rings. The van der Waals surface area contributed by atoms with Crippen molar-refractivity contribution in [2.75, 3.05) is 39.3 Å². The average molecular weight is 359 g/mol. The minimum atomic E-state index is 0.0789. The molecule has 1 N–H and O–H groups in total. The Kier molecular flexibility index (Phi) is 4.87. The van der Waals surface area contributed by atoms with Gasteiger partial charge in [0.2, 0.25) is 5.91 Å². The average Bonchev–Trinajstić information content (AvgIpc) is 3.36. The molecule has 3 fully saturated rings. The van der Waals surface area contributed by atoms with Crippen molar-refractivity contribution in [3.63, 3.8) is 0 Å². The lowest BCUT2D eigenvalue weighted by atomic mass is 9.73. The Morgan fingerprint density at radius 1 is 1.12 bits per heavy atom. The Hall–Kier alpha value is -2.05. The number of rotatable bonds is 3. The van der Waals surface area contributed by atoms with Gasteiger partial charge >= 0.3 is 6.03 Å². The van der Waals surface area contributed by atoms with E-state index in [1.165, 1.54) is 0 Å². The monoisotopic (exact) mass is 359 g/mol. The summed E-state index contributed by atoms with van der Waals surface area (Å²) in [5.74, 6) is 0.248. The highest BCUT2D eigenvalue weighted by atomic mass is 16.2. The Balaban J connectivity index is 1.39. The standard InChI is InChI=1S/C19H29N5O2/c25-17-4-7-19(13-23(17)11-5-16-12-20-15-21-16)6-3-10-24(14-19)18(26)22-8-1-2-9-22/h12,15H,1-11,13-14H2,(H,20,21). The molecule has 0 aromatic carbocycles. The third-order valence-electron chi connectivity index (χ3n) is 6.26. The van der Waals surface area contributed by atoms with Crippen LogP contribution in [-0.2, 0) is 11.2 Å². The van der Waals surface area contributed by atoms with Crippen LogP contribution in [0.5, 0.6) is 0 Å². The predicted molar refractivity (Wildman–Crippen MR) is 97.5 cm³/mol. The molecular weight excluding hydrogens is 330 g/mol. The number of imidazole rings is 1. The van der Waals surface area contributed by atoms with Gasteiger partial charge in [0.05, 0.1) is 6.33 Å². The summed E-state index contributed by atoms with van der Waals surface area (Å²) >= 11 is 0. The van der Waals surface area contributed by atoms with Gasteiger partial charge < -0.3 is 19.7 Å². The number of likely N-dealkylation sites (tertiary alicyclic amines) is 3. The van der Waals surface area contributed by atoms with Crippen LogP contribution in [0.1, 0.15) is 44.2 Å². The van der Waals surface area contributed by atoms with Crippen LogP contribution < -0.4 is 0 Å². The zero-order valence-corrected chi connectivity index (χ0v) is 15.5. The van der Waals surface area contributed by atoms with Crippen molar-refractivity contribution in [2.45, 2.75) is 44.9 Å². The minimum absolute atomic E-state index is 0.0789. The molecular formula is C19H29N5O2. The Labute approximate surface area is 154 Å². The van der Waals surface area contributed by atoms with Crippen LogP contribution in [0, 0.1) is 5.41 Å². The molecule has 26 heavy (non-hydrogen) atoms. The number of amides is 3. The van der Waals surface area contributed by atoms with Gasteiger partial charge in [-0.3, -0.25) is 4.79 Å². The van der Waals surface area contributed by atoms with E-state index in [0.717, 1.165) is 83.5 Å². The first-order valence-electron chi connectivity index (χ1n) is 9.94. The molecule has 0 bridgehead atoms. The van der Waals surface area contributed by atoms with E-state index in [4.69, 9.17) is 0 Å². The normalized spacial score (nSPS) is 26.8. The molecule has 4 heterocycles. The molecule has 1 unspecified atom stereocenters. The summed E-state index contributed by atoms with van der Waals surface area (Å²) in [5.41, 5.74) is 1.14. The van der Waals surface area contributed by atoms with Crippen molar-refractivity contribution in [1.82, 2.24) is 24.7 Å². The zero-order valence-electron chi connectivity index (χ0n) is 15.5. The Morgan fingerprint density at radius 3 is 2.69 bits per heavy atom. The summed E-state index contributed by atoms with van der Waals surface area (Å²) in [6.07, 6.45) is 10.2. The van der Waals surface area contributed by atoms with Crippen LogP contribution in [-0.4, -0.2) is 75.9 Å². The number of hydrogen-bond acceptors (Lipinski definition) is 3. The summed E-state index contributed by atoms with van der Waals surface area (Å²) in [6, 6.07) is 0.211. The van der Waals surface area contributed by atoms with Crippen molar-refractivity contribution >= 4 is 11.9 Å². The molecule has 142 valence electrons. The fraction of sp³-hybridized carbons (Fsp3) is 0.737. The molecule has 1 aromatic heterocycles. The summed E-state index contributed by atoms with van der Waals surface area (Å²) in [5, 5.41) is 0. The van der Waals surface area contributed by atoms with E-state index in [1.54, 1.807) is 6.33 Å². The fourth-order valence-corrected chi connectivity index (χ4v) is 4.80. The number of H-pyrrole nitrogens is 1. The first-order chi connectivity index (χ1) is 12.7. The zero-order chi connectivity index (χ0) is 18.0. The molecule has 4 rings (SSSR count). The molecule has 3 amide bonds. The van der Waals surface area contributed by atoms with Gasteiger partial charge in [0.15, 0.2) is 0 Å². The van der Waals surface area contributed by atoms with Gasteiger partial charge in [-0.15, -0.1) is 0 Å². The third-order valence-corrected chi connectivity index (χ3v) is 6.26. The van der Waals surface area contributed by atoms with E-state index in [2.05, 4.69) is 14.9 Å². The van der Waals surface area contributed by atoms with Gasteiger partial charge in [-0.25, -0.2) is 9.78 Å². The van der Waals surface area contributed by atoms with Crippen LogP contribution in [0.3, 0.4) is 0 Å². The lowest BCUT2D eigenvalue weighted by Gasteiger charge is -2.48.